The summed E-state index contributed by atoms with van der Waals surface area (Å²) in [6, 6.07) is 4.19. The van der Waals surface area contributed by atoms with E-state index < -0.39 is 6.10 Å². The van der Waals surface area contributed by atoms with Gasteiger partial charge in [0, 0.05) is 5.02 Å². The first-order valence-corrected chi connectivity index (χ1v) is 5.69. The van der Waals surface area contributed by atoms with E-state index in [1.807, 2.05) is 0 Å². The standard InChI is InChI=1S/C12H14ClFO/c13-11-7-9(14)5-6-10(11)12(15)8-3-1-2-4-8/h5-8,12,15H,1-4H2. The predicted octanol–water partition coefficient (Wildman–Crippen LogP) is 3.70. The van der Waals surface area contributed by atoms with Crippen molar-refractivity contribution < 1.29 is 9.50 Å². The Hall–Kier alpha value is -0.600. The summed E-state index contributed by atoms with van der Waals surface area (Å²) in [7, 11) is 0. The highest BCUT2D eigenvalue weighted by atomic mass is 35.5. The molecule has 1 N–H and O–H groups in total. The van der Waals surface area contributed by atoms with Crippen molar-refractivity contribution in [3.05, 3.63) is 34.6 Å². The molecule has 2 rings (SSSR count). The molecule has 0 radical (unpaired) electrons. The number of aliphatic hydroxyl groups is 1. The molecule has 0 spiro atoms. The molecule has 1 atom stereocenters. The van der Waals surface area contributed by atoms with E-state index in [0.29, 0.717) is 10.6 Å². The summed E-state index contributed by atoms with van der Waals surface area (Å²) in [6.07, 6.45) is 3.87. The van der Waals surface area contributed by atoms with Gasteiger partial charge in [0.15, 0.2) is 0 Å². The van der Waals surface area contributed by atoms with Crippen LogP contribution in [0.4, 0.5) is 4.39 Å². The lowest BCUT2D eigenvalue weighted by atomic mass is 9.94. The zero-order valence-electron chi connectivity index (χ0n) is 8.42. The van der Waals surface area contributed by atoms with Gasteiger partial charge in [-0.2, -0.15) is 0 Å². The normalized spacial score (nSPS) is 19.4. The first kappa shape index (κ1) is 10.9. The van der Waals surface area contributed by atoms with Gasteiger partial charge in [-0.05, 0) is 36.5 Å². The number of aliphatic hydroxyl groups excluding tert-OH is 1. The van der Waals surface area contributed by atoms with Gasteiger partial charge in [-0.15, -0.1) is 0 Å². The summed E-state index contributed by atoms with van der Waals surface area (Å²) in [5.41, 5.74) is 0.657. The molecule has 3 heteroatoms. The molecule has 0 amide bonds. The predicted molar refractivity (Wildman–Crippen MR) is 58.3 cm³/mol. The van der Waals surface area contributed by atoms with Crippen molar-refractivity contribution in [1.82, 2.24) is 0 Å². The maximum Gasteiger partial charge on any atom is 0.124 e. The Bertz CT molecular complexity index is 347. The summed E-state index contributed by atoms with van der Waals surface area (Å²) in [5.74, 6) is -0.0738. The lowest BCUT2D eigenvalue weighted by Gasteiger charge is -2.19. The smallest absolute Gasteiger partial charge is 0.124 e. The number of halogens is 2. The molecule has 82 valence electrons. The van der Waals surface area contributed by atoms with Crippen LogP contribution >= 0.6 is 11.6 Å². The summed E-state index contributed by atoms with van der Waals surface area (Å²) >= 11 is 5.90. The molecule has 1 aliphatic rings. The monoisotopic (exact) mass is 228 g/mol. The topological polar surface area (TPSA) is 20.2 Å². The van der Waals surface area contributed by atoms with Crippen LogP contribution in [-0.4, -0.2) is 5.11 Å². The van der Waals surface area contributed by atoms with Gasteiger partial charge in [0.1, 0.15) is 5.82 Å². The van der Waals surface area contributed by atoms with Crippen LogP contribution in [0.25, 0.3) is 0 Å². The maximum absolute atomic E-state index is 12.8. The minimum Gasteiger partial charge on any atom is -0.388 e. The van der Waals surface area contributed by atoms with Gasteiger partial charge in [-0.25, -0.2) is 4.39 Å². The van der Waals surface area contributed by atoms with Crippen molar-refractivity contribution in [2.24, 2.45) is 5.92 Å². The molecule has 0 heterocycles. The van der Waals surface area contributed by atoms with Crippen molar-refractivity contribution in [3.8, 4) is 0 Å². The molecule has 1 aromatic rings. The fourth-order valence-corrected chi connectivity index (χ4v) is 2.55. The second kappa shape index (κ2) is 4.50. The number of hydrogen-bond donors (Lipinski definition) is 1. The lowest BCUT2D eigenvalue weighted by Crippen LogP contribution is -2.09. The van der Waals surface area contributed by atoms with E-state index in [2.05, 4.69) is 0 Å². The van der Waals surface area contributed by atoms with Crippen LogP contribution in [0.2, 0.25) is 5.02 Å². The third-order valence-corrected chi connectivity index (χ3v) is 3.45. The first-order chi connectivity index (χ1) is 7.18. The summed E-state index contributed by atoms with van der Waals surface area (Å²) in [6.45, 7) is 0. The van der Waals surface area contributed by atoms with Crippen molar-refractivity contribution in [3.63, 3.8) is 0 Å². The van der Waals surface area contributed by atoms with Gasteiger partial charge in [0.2, 0.25) is 0 Å². The molecule has 1 aromatic carbocycles. The minimum absolute atomic E-state index is 0.285. The van der Waals surface area contributed by atoms with Crippen molar-refractivity contribution in [2.45, 2.75) is 31.8 Å². The summed E-state index contributed by atoms with van der Waals surface area (Å²) in [5, 5.41) is 10.4. The molecule has 0 aliphatic heterocycles. The van der Waals surface area contributed by atoms with Crippen LogP contribution in [0.1, 0.15) is 37.4 Å². The third kappa shape index (κ3) is 2.32. The Morgan fingerprint density at radius 1 is 1.33 bits per heavy atom. The SMILES string of the molecule is OC(c1ccc(F)cc1Cl)C1CCCC1. The molecule has 1 unspecified atom stereocenters. The summed E-state index contributed by atoms with van der Waals surface area (Å²) in [4.78, 5) is 0. The van der Waals surface area contributed by atoms with E-state index in [9.17, 15) is 9.50 Å². The molecule has 0 saturated heterocycles. The van der Waals surface area contributed by atoms with Gasteiger partial charge in [-0.3, -0.25) is 0 Å². The zero-order chi connectivity index (χ0) is 10.8. The van der Waals surface area contributed by atoms with E-state index >= 15 is 0 Å². The third-order valence-electron chi connectivity index (χ3n) is 3.13. The average molecular weight is 229 g/mol. The van der Waals surface area contributed by atoms with Gasteiger partial charge < -0.3 is 5.11 Å². The molecule has 1 aliphatic carbocycles. The second-order valence-electron chi connectivity index (χ2n) is 4.16. The van der Waals surface area contributed by atoms with Gasteiger partial charge in [0.05, 0.1) is 6.10 Å². The van der Waals surface area contributed by atoms with E-state index in [1.165, 1.54) is 25.0 Å². The number of rotatable bonds is 2. The van der Waals surface area contributed by atoms with E-state index in [-0.39, 0.29) is 11.7 Å². The molecular weight excluding hydrogens is 215 g/mol. The van der Waals surface area contributed by atoms with Crippen LogP contribution in [-0.2, 0) is 0 Å². The molecule has 1 nitrogen and oxygen atoms in total. The second-order valence-corrected chi connectivity index (χ2v) is 4.56. The Morgan fingerprint density at radius 3 is 2.60 bits per heavy atom. The van der Waals surface area contributed by atoms with Gasteiger partial charge in [0.25, 0.3) is 0 Å². The number of hydrogen-bond acceptors (Lipinski definition) is 1. The van der Waals surface area contributed by atoms with E-state index in [0.717, 1.165) is 12.8 Å². The van der Waals surface area contributed by atoms with Crippen molar-refractivity contribution in [2.75, 3.05) is 0 Å². The fourth-order valence-electron chi connectivity index (χ4n) is 2.27. The van der Waals surface area contributed by atoms with Crippen molar-refractivity contribution >= 4 is 11.6 Å². The highest BCUT2D eigenvalue weighted by Gasteiger charge is 2.25. The quantitative estimate of drug-likeness (QED) is 0.818. The Balaban J connectivity index is 2.20. The minimum atomic E-state index is -0.541. The van der Waals surface area contributed by atoms with E-state index in [1.54, 1.807) is 6.07 Å². The van der Waals surface area contributed by atoms with Gasteiger partial charge in [-0.1, -0.05) is 30.5 Å². The molecule has 0 bridgehead atoms. The Kier molecular flexibility index (Phi) is 3.27. The van der Waals surface area contributed by atoms with Crippen LogP contribution < -0.4 is 0 Å². The van der Waals surface area contributed by atoms with Gasteiger partial charge >= 0.3 is 0 Å². The van der Waals surface area contributed by atoms with Crippen molar-refractivity contribution in [1.29, 1.82) is 0 Å². The number of benzene rings is 1. The molecular formula is C12H14ClFO. The van der Waals surface area contributed by atoms with Crippen LogP contribution in [0, 0.1) is 11.7 Å². The molecule has 15 heavy (non-hydrogen) atoms. The largest absolute Gasteiger partial charge is 0.388 e. The molecule has 1 fully saturated rings. The Morgan fingerprint density at radius 2 is 2.00 bits per heavy atom. The fraction of sp³-hybridized carbons (Fsp3) is 0.500. The maximum atomic E-state index is 12.8. The summed E-state index contributed by atoms with van der Waals surface area (Å²) < 4.78 is 12.8. The van der Waals surface area contributed by atoms with Crippen LogP contribution in [0.3, 0.4) is 0 Å². The highest BCUT2D eigenvalue weighted by Crippen LogP contribution is 2.37. The van der Waals surface area contributed by atoms with Crippen LogP contribution in [0.15, 0.2) is 18.2 Å². The zero-order valence-corrected chi connectivity index (χ0v) is 9.17. The average Bonchev–Trinajstić information content (AvgIpc) is 2.69. The molecule has 0 aromatic heterocycles. The molecule has 1 saturated carbocycles. The lowest BCUT2D eigenvalue weighted by molar-refractivity contribution is 0.111. The Labute approximate surface area is 93.9 Å². The van der Waals surface area contributed by atoms with Crippen LogP contribution in [0.5, 0.6) is 0 Å². The van der Waals surface area contributed by atoms with E-state index in [4.69, 9.17) is 11.6 Å². The first-order valence-electron chi connectivity index (χ1n) is 5.31. The highest BCUT2D eigenvalue weighted by molar-refractivity contribution is 6.31.